The number of nitrogens with one attached hydrogen (secondary N) is 1. The van der Waals surface area contributed by atoms with Gasteiger partial charge in [-0.1, -0.05) is 35.0 Å². The van der Waals surface area contributed by atoms with Crippen LogP contribution >= 0.6 is 35.0 Å². The molecule has 2 aliphatic heterocycles. The highest BCUT2D eigenvalue weighted by molar-refractivity contribution is 8.14. The number of hydrazone groups is 1. The van der Waals surface area contributed by atoms with E-state index >= 15 is 0 Å². The monoisotopic (exact) mass is 413 g/mol. The number of benzene rings is 1. The van der Waals surface area contributed by atoms with Crippen LogP contribution in [0.25, 0.3) is 0 Å². The van der Waals surface area contributed by atoms with E-state index in [1.165, 1.54) is 11.2 Å². The molecule has 8 nitrogen and oxygen atoms in total. The Labute approximate surface area is 163 Å². The van der Waals surface area contributed by atoms with E-state index < -0.39 is 11.8 Å². The molecule has 2 heterocycles. The molecular weight excluding hydrogens is 401 g/mol. The topological polar surface area (TPSA) is 107 Å². The van der Waals surface area contributed by atoms with E-state index in [1.54, 1.807) is 18.2 Å². The smallest absolute Gasteiger partial charge is 0.264 e. The number of nitrogens with zero attached hydrogens (tertiary/aromatic N) is 4. The molecule has 3 rings (SSSR count). The van der Waals surface area contributed by atoms with E-state index in [-0.39, 0.29) is 30.0 Å². The predicted molar refractivity (Wildman–Crippen MR) is 103 cm³/mol. The summed E-state index contributed by atoms with van der Waals surface area (Å²) in [4.78, 5) is 32.3. The highest BCUT2D eigenvalue weighted by atomic mass is 35.5. The Balaban J connectivity index is 1.60. The Bertz CT molecular complexity index is 843. The van der Waals surface area contributed by atoms with Crippen LogP contribution in [0.1, 0.15) is 0 Å². The summed E-state index contributed by atoms with van der Waals surface area (Å²) in [5.41, 5.74) is 0.511. The van der Waals surface area contributed by atoms with Gasteiger partial charge in [0.1, 0.15) is 11.8 Å². The molecular formula is C15H13Cl2N5O3S. The standard InChI is InChI=1S/C15H13Cl2N5O3S/c16-10-2-1-8(5-11(10)17)19-12(24)7-26-15-20-13-9(14(25)21-15)6-18-22(13)3-4-23/h1-2,5-6,9,23H,3-4,7H2,(H,19,24). The second-order valence-electron chi connectivity index (χ2n) is 5.26. The Morgan fingerprint density at radius 2 is 2.12 bits per heavy atom. The number of amidine groups is 2. The maximum absolute atomic E-state index is 12.1. The fourth-order valence-corrected chi connectivity index (χ4v) is 3.20. The summed E-state index contributed by atoms with van der Waals surface area (Å²) in [5.74, 6) is -0.913. The lowest BCUT2D eigenvalue weighted by Crippen LogP contribution is -2.35. The minimum Gasteiger partial charge on any atom is -0.394 e. The van der Waals surface area contributed by atoms with Gasteiger partial charge in [0, 0.05) is 11.9 Å². The third-order valence-corrected chi connectivity index (χ3v) is 5.01. The molecule has 2 aliphatic rings. The lowest BCUT2D eigenvalue weighted by molar-refractivity contribution is -0.118. The van der Waals surface area contributed by atoms with Crippen molar-refractivity contribution in [3.05, 3.63) is 28.2 Å². The number of fused-ring (bicyclic) bond motifs is 1. The van der Waals surface area contributed by atoms with Gasteiger partial charge in [0.15, 0.2) is 5.17 Å². The number of halogens is 2. The molecule has 0 saturated carbocycles. The Morgan fingerprint density at radius 3 is 2.85 bits per heavy atom. The first-order valence-electron chi connectivity index (χ1n) is 7.49. The third kappa shape index (κ3) is 4.24. The Morgan fingerprint density at radius 1 is 1.31 bits per heavy atom. The van der Waals surface area contributed by atoms with Gasteiger partial charge in [0.2, 0.25) is 5.91 Å². The first-order chi connectivity index (χ1) is 12.5. The zero-order chi connectivity index (χ0) is 18.7. The number of hydrogen-bond donors (Lipinski definition) is 2. The van der Waals surface area contributed by atoms with Crippen LogP contribution in [-0.4, -0.2) is 58.1 Å². The Kier molecular flexibility index (Phi) is 5.92. The van der Waals surface area contributed by atoms with Crippen molar-refractivity contribution >= 4 is 69.7 Å². The number of anilines is 1. The summed E-state index contributed by atoms with van der Waals surface area (Å²) < 4.78 is 0. The van der Waals surface area contributed by atoms with Crippen molar-refractivity contribution in [2.24, 2.45) is 21.0 Å². The summed E-state index contributed by atoms with van der Waals surface area (Å²) in [6, 6.07) is 4.76. The van der Waals surface area contributed by atoms with Crippen LogP contribution in [0.4, 0.5) is 5.69 Å². The van der Waals surface area contributed by atoms with Crippen molar-refractivity contribution in [3.8, 4) is 0 Å². The van der Waals surface area contributed by atoms with Crippen molar-refractivity contribution in [3.63, 3.8) is 0 Å². The van der Waals surface area contributed by atoms with Gasteiger partial charge in [0.25, 0.3) is 5.91 Å². The summed E-state index contributed by atoms with van der Waals surface area (Å²) in [5, 5.41) is 18.1. The van der Waals surface area contributed by atoms with Crippen LogP contribution < -0.4 is 5.32 Å². The summed E-state index contributed by atoms with van der Waals surface area (Å²) >= 11 is 12.8. The van der Waals surface area contributed by atoms with Crippen LogP contribution in [0.2, 0.25) is 10.0 Å². The van der Waals surface area contributed by atoms with Gasteiger partial charge >= 0.3 is 0 Å². The molecule has 0 saturated heterocycles. The van der Waals surface area contributed by atoms with Gasteiger partial charge < -0.3 is 10.4 Å². The minimum atomic E-state index is -0.629. The molecule has 136 valence electrons. The van der Waals surface area contributed by atoms with Crippen molar-refractivity contribution in [2.75, 3.05) is 24.2 Å². The molecule has 11 heteroatoms. The molecule has 1 unspecified atom stereocenters. The quantitative estimate of drug-likeness (QED) is 0.765. The van der Waals surface area contributed by atoms with Crippen LogP contribution in [-0.2, 0) is 9.59 Å². The van der Waals surface area contributed by atoms with Crippen molar-refractivity contribution in [2.45, 2.75) is 0 Å². The number of β-amino-alcohol motifs (C(OH)–C–C–N with tert-alkyl or cyclic N) is 1. The van der Waals surface area contributed by atoms with Crippen LogP contribution in [0.15, 0.2) is 33.3 Å². The average molecular weight is 414 g/mol. The van der Waals surface area contributed by atoms with E-state index in [2.05, 4.69) is 20.4 Å². The fraction of sp³-hybridized carbons (Fsp3) is 0.267. The van der Waals surface area contributed by atoms with Crippen LogP contribution in [0.3, 0.4) is 0 Å². The van der Waals surface area contributed by atoms with E-state index in [1.807, 2.05) is 0 Å². The molecule has 0 aliphatic carbocycles. The number of aliphatic imine (C=N–C) groups is 2. The van der Waals surface area contributed by atoms with Crippen molar-refractivity contribution < 1.29 is 14.7 Å². The predicted octanol–water partition coefficient (Wildman–Crippen LogP) is 1.87. The minimum absolute atomic E-state index is 0.00859. The Hall–Kier alpha value is -1.94. The highest BCUT2D eigenvalue weighted by Crippen LogP contribution is 2.25. The average Bonchev–Trinajstić information content (AvgIpc) is 3.00. The van der Waals surface area contributed by atoms with E-state index in [0.29, 0.717) is 21.6 Å². The zero-order valence-corrected chi connectivity index (χ0v) is 15.6. The van der Waals surface area contributed by atoms with Gasteiger partial charge in [-0.05, 0) is 18.2 Å². The zero-order valence-electron chi connectivity index (χ0n) is 13.2. The normalized spacial score (nSPS) is 18.5. The van der Waals surface area contributed by atoms with Gasteiger partial charge in [-0.3, -0.25) is 9.59 Å². The lowest BCUT2D eigenvalue weighted by Gasteiger charge is -2.19. The summed E-state index contributed by atoms with van der Waals surface area (Å²) in [7, 11) is 0. The first kappa shape index (κ1) is 18.8. The number of carbonyl (C=O) groups is 2. The molecule has 0 bridgehead atoms. The molecule has 2 amide bonds. The first-order valence-corrected chi connectivity index (χ1v) is 9.23. The molecule has 0 spiro atoms. The number of rotatable bonds is 5. The largest absolute Gasteiger partial charge is 0.394 e. The molecule has 1 aromatic rings. The van der Waals surface area contributed by atoms with Gasteiger partial charge in [-0.15, -0.1) is 0 Å². The van der Waals surface area contributed by atoms with Gasteiger partial charge in [-0.2, -0.15) is 10.1 Å². The SMILES string of the molecule is O=C(CSC1=NC(=O)C2C=NN(CCO)C2=N1)Nc1ccc(Cl)c(Cl)c1. The second kappa shape index (κ2) is 8.17. The van der Waals surface area contributed by atoms with Crippen LogP contribution in [0, 0.1) is 5.92 Å². The molecule has 26 heavy (non-hydrogen) atoms. The van der Waals surface area contributed by atoms with Gasteiger partial charge in [-0.25, -0.2) is 10.0 Å². The summed E-state index contributed by atoms with van der Waals surface area (Å²) in [6.45, 7) is 0.109. The number of amides is 2. The van der Waals surface area contributed by atoms with Gasteiger partial charge in [0.05, 0.1) is 28.9 Å². The number of hydrogen-bond acceptors (Lipinski definition) is 7. The van der Waals surface area contributed by atoms with Crippen molar-refractivity contribution in [1.82, 2.24) is 5.01 Å². The van der Waals surface area contributed by atoms with E-state index in [0.717, 1.165) is 11.8 Å². The molecule has 0 fully saturated rings. The number of aliphatic hydroxyl groups excluding tert-OH is 1. The maximum Gasteiger partial charge on any atom is 0.264 e. The summed E-state index contributed by atoms with van der Waals surface area (Å²) in [6.07, 6.45) is 1.44. The molecule has 1 aromatic carbocycles. The van der Waals surface area contributed by atoms with Crippen LogP contribution in [0.5, 0.6) is 0 Å². The highest BCUT2D eigenvalue weighted by Gasteiger charge is 2.35. The fourth-order valence-electron chi connectivity index (χ4n) is 2.25. The number of carbonyl (C=O) groups excluding carboxylic acids is 2. The third-order valence-electron chi connectivity index (χ3n) is 3.43. The number of aliphatic hydroxyl groups is 1. The molecule has 2 N–H and O–H groups in total. The number of thioether (sulfide) groups is 1. The van der Waals surface area contributed by atoms with E-state index in [9.17, 15) is 9.59 Å². The van der Waals surface area contributed by atoms with Crippen molar-refractivity contribution in [1.29, 1.82) is 0 Å². The molecule has 0 aromatic heterocycles. The second-order valence-corrected chi connectivity index (χ2v) is 7.01. The maximum atomic E-state index is 12.1. The lowest BCUT2D eigenvalue weighted by atomic mass is 10.1. The molecule has 1 atom stereocenters. The molecule has 0 radical (unpaired) electrons. The van der Waals surface area contributed by atoms with E-state index in [4.69, 9.17) is 28.3 Å².